The third kappa shape index (κ3) is 3.54. The van der Waals surface area contributed by atoms with E-state index >= 15 is 0 Å². The zero-order valence-electron chi connectivity index (χ0n) is 12.3. The van der Waals surface area contributed by atoms with Crippen LogP contribution in [0.15, 0.2) is 41.0 Å². The highest BCUT2D eigenvalue weighted by Gasteiger charge is 2.10. The summed E-state index contributed by atoms with van der Waals surface area (Å²) in [5, 5.41) is 3.29. The zero-order chi connectivity index (χ0) is 14.4. The van der Waals surface area contributed by atoms with E-state index in [9.17, 15) is 0 Å². The Balaban J connectivity index is 2.03. The number of nitrogens with one attached hydrogen (secondary N) is 1. The van der Waals surface area contributed by atoms with Gasteiger partial charge in [-0.25, -0.2) is 0 Å². The fraction of sp³-hybridized carbons (Fsp3) is 0.375. The van der Waals surface area contributed by atoms with E-state index in [4.69, 9.17) is 9.15 Å². The summed E-state index contributed by atoms with van der Waals surface area (Å²) in [5.41, 5.74) is 2.23. The summed E-state index contributed by atoms with van der Waals surface area (Å²) in [7, 11) is 3.72. The predicted molar refractivity (Wildman–Crippen MR) is 81.2 cm³/mol. The molecule has 20 heavy (non-hydrogen) atoms. The molecule has 1 heterocycles. The Morgan fingerprint density at radius 2 is 2.10 bits per heavy atom. The minimum Gasteiger partial charge on any atom is -0.495 e. The lowest BCUT2D eigenvalue weighted by Crippen LogP contribution is -2.16. The third-order valence-electron chi connectivity index (χ3n) is 3.18. The van der Waals surface area contributed by atoms with Crippen molar-refractivity contribution in [1.29, 1.82) is 0 Å². The lowest BCUT2D eigenvalue weighted by Gasteiger charge is -2.20. The van der Waals surface area contributed by atoms with Gasteiger partial charge < -0.3 is 19.4 Å². The monoisotopic (exact) mass is 274 g/mol. The van der Waals surface area contributed by atoms with E-state index in [-0.39, 0.29) is 0 Å². The number of anilines is 1. The standard InChI is InChI=1S/C16H22N2O2/c1-4-17-10-13-9-14(20-12-13)11-18(2)15-7-5-6-8-16(15)19-3/h5-9,12,17H,4,10-11H2,1-3H3. The number of methoxy groups -OCH3 is 1. The van der Waals surface area contributed by atoms with Crippen molar-refractivity contribution in [3.05, 3.63) is 47.9 Å². The van der Waals surface area contributed by atoms with Crippen LogP contribution in [-0.2, 0) is 13.1 Å². The Kier molecular flexibility index (Phi) is 5.07. The van der Waals surface area contributed by atoms with Crippen molar-refractivity contribution in [2.45, 2.75) is 20.0 Å². The molecule has 2 aromatic rings. The summed E-state index contributed by atoms with van der Waals surface area (Å²) in [6.07, 6.45) is 1.81. The molecule has 0 spiro atoms. The van der Waals surface area contributed by atoms with Gasteiger partial charge in [0.2, 0.25) is 0 Å². The number of nitrogens with zero attached hydrogens (tertiary/aromatic N) is 1. The van der Waals surface area contributed by atoms with Gasteiger partial charge >= 0.3 is 0 Å². The Morgan fingerprint density at radius 3 is 2.85 bits per heavy atom. The van der Waals surface area contributed by atoms with Crippen molar-refractivity contribution in [2.24, 2.45) is 0 Å². The molecule has 0 saturated carbocycles. The van der Waals surface area contributed by atoms with Crippen LogP contribution in [0.3, 0.4) is 0 Å². The van der Waals surface area contributed by atoms with Gasteiger partial charge in [-0.2, -0.15) is 0 Å². The molecular formula is C16H22N2O2. The molecule has 2 rings (SSSR count). The number of rotatable bonds is 7. The van der Waals surface area contributed by atoms with Crippen LogP contribution in [0.5, 0.6) is 5.75 Å². The van der Waals surface area contributed by atoms with Crippen LogP contribution >= 0.6 is 0 Å². The van der Waals surface area contributed by atoms with Gasteiger partial charge in [-0.15, -0.1) is 0 Å². The quantitative estimate of drug-likeness (QED) is 0.842. The molecular weight excluding hydrogens is 252 g/mol. The Hall–Kier alpha value is -1.94. The molecule has 4 nitrogen and oxygen atoms in total. The molecule has 0 atom stereocenters. The van der Waals surface area contributed by atoms with Gasteiger partial charge in [-0.05, 0) is 24.7 Å². The summed E-state index contributed by atoms with van der Waals surface area (Å²) < 4.78 is 11.0. The first kappa shape index (κ1) is 14.5. The molecule has 0 fully saturated rings. The summed E-state index contributed by atoms with van der Waals surface area (Å²) in [6, 6.07) is 10.1. The first-order valence-corrected chi connectivity index (χ1v) is 6.85. The number of hydrogen-bond donors (Lipinski definition) is 1. The average Bonchev–Trinajstić information content (AvgIpc) is 2.92. The lowest BCUT2D eigenvalue weighted by atomic mass is 10.2. The van der Waals surface area contributed by atoms with Crippen LogP contribution in [-0.4, -0.2) is 20.7 Å². The first-order valence-electron chi connectivity index (χ1n) is 6.85. The molecule has 0 radical (unpaired) electrons. The average molecular weight is 274 g/mol. The molecule has 1 aromatic heterocycles. The van der Waals surface area contributed by atoms with Crippen molar-refractivity contribution < 1.29 is 9.15 Å². The number of hydrogen-bond acceptors (Lipinski definition) is 4. The maximum Gasteiger partial charge on any atom is 0.142 e. The van der Waals surface area contributed by atoms with E-state index < -0.39 is 0 Å². The summed E-state index contributed by atoms with van der Waals surface area (Å²) in [6.45, 7) is 4.61. The van der Waals surface area contributed by atoms with Gasteiger partial charge in [0.1, 0.15) is 11.5 Å². The Morgan fingerprint density at radius 1 is 1.30 bits per heavy atom. The van der Waals surface area contributed by atoms with Crippen LogP contribution in [0.25, 0.3) is 0 Å². The van der Waals surface area contributed by atoms with Crippen LogP contribution in [0.2, 0.25) is 0 Å². The SMILES string of the molecule is CCNCc1coc(CN(C)c2ccccc2OC)c1. The molecule has 0 aliphatic carbocycles. The maximum absolute atomic E-state index is 5.60. The molecule has 1 aromatic carbocycles. The van der Waals surface area contributed by atoms with Crippen LogP contribution in [0.1, 0.15) is 18.2 Å². The molecule has 4 heteroatoms. The second kappa shape index (κ2) is 7.01. The van der Waals surface area contributed by atoms with Gasteiger partial charge in [0, 0.05) is 19.2 Å². The van der Waals surface area contributed by atoms with Crippen LogP contribution in [0.4, 0.5) is 5.69 Å². The second-order valence-corrected chi connectivity index (χ2v) is 4.73. The number of benzene rings is 1. The third-order valence-corrected chi connectivity index (χ3v) is 3.18. The normalized spacial score (nSPS) is 10.6. The predicted octanol–water partition coefficient (Wildman–Crippen LogP) is 3.03. The highest BCUT2D eigenvalue weighted by Crippen LogP contribution is 2.27. The van der Waals surface area contributed by atoms with E-state index in [0.717, 1.165) is 30.3 Å². The van der Waals surface area contributed by atoms with Gasteiger partial charge in [-0.3, -0.25) is 0 Å². The van der Waals surface area contributed by atoms with E-state index in [2.05, 4.69) is 23.2 Å². The lowest BCUT2D eigenvalue weighted by molar-refractivity contribution is 0.414. The molecule has 1 N–H and O–H groups in total. The smallest absolute Gasteiger partial charge is 0.142 e. The fourth-order valence-corrected chi connectivity index (χ4v) is 2.14. The highest BCUT2D eigenvalue weighted by molar-refractivity contribution is 5.57. The minimum atomic E-state index is 0.715. The van der Waals surface area contributed by atoms with Crippen molar-refractivity contribution in [2.75, 3.05) is 25.6 Å². The van der Waals surface area contributed by atoms with Crippen molar-refractivity contribution in [1.82, 2.24) is 5.32 Å². The van der Waals surface area contributed by atoms with Crippen LogP contribution < -0.4 is 15.0 Å². The van der Waals surface area contributed by atoms with Crippen molar-refractivity contribution in [3.8, 4) is 5.75 Å². The van der Waals surface area contributed by atoms with Gasteiger partial charge in [0.25, 0.3) is 0 Å². The number of para-hydroxylation sites is 2. The molecule has 0 bridgehead atoms. The molecule has 0 unspecified atom stereocenters. The Bertz CT molecular complexity index is 537. The highest BCUT2D eigenvalue weighted by atomic mass is 16.5. The molecule has 0 amide bonds. The molecule has 0 aliphatic heterocycles. The van der Waals surface area contributed by atoms with Crippen molar-refractivity contribution >= 4 is 5.69 Å². The summed E-state index contributed by atoms with van der Waals surface area (Å²) in [4.78, 5) is 2.12. The summed E-state index contributed by atoms with van der Waals surface area (Å²) >= 11 is 0. The van der Waals surface area contributed by atoms with E-state index in [0.29, 0.717) is 6.54 Å². The fourth-order valence-electron chi connectivity index (χ4n) is 2.14. The summed E-state index contributed by atoms with van der Waals surface area (Å²) in [5.74, 6) is 1.82. The molecule has 108 valence electrons. The maximum atomic E-state index is 5.60. The Labute approximate surface area is 120 Å². The zero-order valence-corrected chi connectivity index (χ0v) is 12.3. The second-order valence-electron chi connectivity index (χ2n) is 4.73. The van der Waals surface area contributed by atoms with E-state index in [1.165, 1.54) is 5.56 Å². The topological polar surface area (TPSA) is 37.6 Å². The largest absolute Gasteiger partial charge is 0.495 e. The number of ether oxygens (including phenoxy) is 1. The van der Waals surface area contributed by atoms with Gasteiger partial charge in [-0.1, -0.05) is 19.1 Å². The first-order chi connectivity index (χ1) is 9.74. The van der Waals surface area contributed by atoms with Crippen molar-refractivity contribution in [3.63, 3.8) is 0 Å². The number of furan rings is 1. The molecule has 0 saturated heterocycles. The molecule has 0 aliphatic rings. The van der Waals surface area contributed by atoms with Gasteiger partial charge in [0.15, 0.2) is 0 Å². The van der Waals surface area contributed by atoms with E-state index in [1.807, 2.05) is 37.6 Å². The minimum absolute atomic E-state index is 0.715. The van der Waals surface area contributed by atoms with Gasteiger partial charge in [0.05, 0.1) is 25.6 Å². The van der Waals surface area contributed by atoms with E-state index in [1.54, 1.807) is 7.11 Å². The van der Waals surface area contributed by atoms with Crippen LogP contribution in [0, 0.1) is 0 Å².